The Labute approximate surface area is 105 Å². The number of pyridine rings is 1. The minimum Gasteiger partial charge on any atom is -0.480 e. The van der Waals surface area contributed by atoms with E-state index in [4.69, 9.17) is 10.8 Å². The Kier molecular flexibility index (Phi) is 3.49. The number of rotatable bonds is 4. The van der Waals surface area contributed by atoms with E-state index in [1.54, 1.807) is 0 Å². The molecule has 94 valence electrons. The van der Waals surface area contributed by atoms with Gasteiger partial charge >= 0.3 is 5.97 Å². The van der Waals surface area contributed by atoms with Gasteiger partial charge < -0.3 is 16.2 Å². The van der Waals surface area contributed by atoms with Crippen molar-refractivity contribution >= 4 is 28.1 Å². The van der Waals surface area contributed by atoms with Crippen LogP contribution in [0, 0.1) is 5.82 Å². The van der Waals surface area contributed by atoms with Gasteiger partial charge in [0, 0.05) is 11.4 Å². The largest absolute Gasteiger partial charge is 0.480 e. The van der Waals surface area contributed by atoms with Gasteiger partial charge in [-0.3, -0.25) is 9.78 Å². The molecule has 8 heteroatoms. The Bertz CT molecular complexity index is 575. The molecule has 1 unspecified atom stereocenters. The number of carboxylic acid groups (broad SMARTS) is 1. The lowest BCUT2D eigenvalue weighted by molar-refractivity contribution is -0.138. The molecule has 0 spiro atoms. The average molecular weight is 268 g/mol. The van der Waals surface area contributed by atoms with Crippen LogP contribution in [0.5, 0.6) is 0 Å². The quantitative estimate of drug-likeness (QED) is 0.777. The molecule has 0 fully saturated rings. The molecule has 4 N–H and O–H groups in total. The minimum atomic E-state index is -1.16. The lowest BCUT2D eigenvalue weighted by Crippen LogP contribution is -2.20. The molecule has 0 radical (unpaired) electrons. The Morgan fingerprint density at radius 1 is 1.56 bits per heavy atom. The summed E-state index contributed by atoms with van der Waals surface area (Å²) in [5.41, 5.74) is 6.09. The van der Waals surface area contributed by atoms with Crippen molar-refractivity contribution in [3.8, 4) is 0 Å². The molecule has 0 bridgehead atoms. The fraction of sp³-hybridized carbons (Fsp3) is 0.100. The lowest BCUT2D eigenvalue weighted by atomic mass is 10.2. The van der Waals surface area contributed by atoms with Crippen molar-refractivity contribution in [1.82, 2.24) is 9.97 Å². The molecule has 6 nitrogen and oxygen atoms in total. The standard InChI is InChI=1S/C10H9FN4O2S/c11-5-1-6(3-13-2-5)14-10-15-7(4-18-10)8(12)9(16)17/h1-4,8H,12H2,(H,14,15)(H,16,17). The van der Waals surface area contributed by atoms with Gasteiger partial charge in [-0.2, -0.15) is 0 Å². The molecule has 1 atom stereocenters. The van der Waals surface area contributed by atoms with Crippen molar-refractivity contribution in [2.24, 2.45) is 5.73 Å². The summed E-state index contributed by atoms with van der Waals surface area (Å²) in [4.78, 5) is 18.4. The Morgan fingerprint density at radius 2 is 2.33 bits per heavy atom. The second-order valence-corrected chi connectivity index (χ2v) is 4.27. The van der Waals surface area contributed by atoms with E-state index in [9.17, 15) is 9.18 Å². The van der Waals surface area contributed by atoms with Gasteiger partial charge in [0.1, 0.15) is 11.9 Å². The van der Waals surface area contributed by atoms with E-state index in [0.717, 1.165) is 6.20 Å². The minimum absolute atomic E-state index is 0.249. The van der Waals surface area contributed by atoms with Crippen LogP contribution in [-0.4, -0.2) is 21.0 Å². The van der Waals surface area contributed by atoms with Crippen molar-refractivity contribution in [2.45, 2.75) is 6.04 Å². The van der Waals surface area contributed by atoms with E-state index in [2.05, 4.69) is 15.3 Å². The van der Waals surface area contributed by atoms with Gasteiger partial charge in [0.15, 0.2) is 5.13 Å². The van der Waals surface area contributed by atoms with Crippen LogP contribution in [-0.2, 0) is 4.79 Å². The molecule has 0 aliphatic rings. The SMILES string of the molecule is NC(C(=O)O)c1csc(Nc2cncc(F)c2)n1. The summed E-state index contributed by atoms with van der Waals surface area (Å²) < 4.78 is 12.9. The molecule has 2 rings (SSSR count). The van der Waals surface area contributed by atoms with Crippen molar-refractivity contribution in [3.63, 3.8) is 0 Å². The summed E-state index contributed by atoms with van der Waals surface area (Å²) >= 11 is 1.18. The van der Waals surface area contributed by atoms with Crippen LogP contribution in [0.3, 0.4) is 0 Å². The highest BCUT2D eigenvalue weighted by molar-refractivity contribution is 7.13. The van der Waals surface area contributed by atoms with Gasteiger partial charge in [0.25, 0.3) is 0 Å². The monoisotopic (exact) mass is 268 g/mol. The van der Waals surface area contributed by atoms with E-state index in [-0.39, 0.29) is 5.69 Å². The van der Waals surface area contributed by atoms with Crippen molar-refractivity contribution in [3.05, 3.63) is 35.4 Å². The van der Waals surface area contributed by atoms with E-state index in [0.29, 0.717) is 10.8 Å². The molecular weight excluding hydrogens is 259 g/mol. The summed E-state index contributed by atoms with van der Waals surface area (Å²) in [6.07, 6.45) is 2.51. The number of hydrogen-bond acceptors (Lipinski definition) is 6. The molecular formula is C10H9FN4O2S. The number of carbonyl (C=O) groups is 1. The molecule has 0 saturated carbocycles. The van der Waals surface area contributed by atoms with Gasteiger partial charge in [-0.05, 0) is 0 Å². The van der Waals surface area contributed by atoms with Crippen molar-refractivity contribution in [1.29, 1.82) is 0 Å². The van der Waals surface area contributed by atoms with Gasteiger partial charge in [0.2, 0.25) is 0 Å². The number of halogens is 1. The van der Waals surface area contributed by atoms with Crippen LogP contribution in [0.1, 0.15) is 11.7 Å². The predicted octanol–water partition coefficient (Wildman–Crippen LogP) is 1.51. The number of hydrogen-bond donors (Lipinski definition) is 3. The maximum atomic E-state index is 12.9. The van der Waals surface area contributed by atoms with Gasteiger partial charge in [-0.15, -0.1) is 11.3 Å². The Morgan fingerprint density at radius 3 is 3.00 bits per heavy atom. The van der Waals surface area contributed by atoms with Crippen LogP contribution < -0.4 is 11.1 Å². The molecule has 2 heterocycles. The first-order chi connectivity index (χ1) is 8.56. The first-order valence-corrected chi connectivity index (χ1v) is 5.75. The van der Waals surface area contributed by atoms with E-state index in [1.807, 2.05) is 0 Å². The summed E-state index contributed by atoms with van der Waals surface area (Å²) in [6.45, 7) is 0. The number of carboxylic acids is 1. The highest BCUT2D eigenvalue weighted by Gasteiger charge is 2.17. The highest BCUT2D eigenvalue weighted by atomic mass is 32.1. The molecule has 0 saturated heterocycles. The number of nitrogens with one attached hydrogen (secondary N) is 1. The zero-order valence-electron chi connectivity index (χ0n) is 9.00. The first-order valence-electron chi connectivity index (χ1n) is 4.87. The number of aliphatic carboxylic acids is 1. The summed E-state index contributed by atoms with van der Waals surface area (Å²) in [5, 5.41) is 13.5. The van der Waals surface area contributed by atoms with Gasteiger partial charge in [0.05, 0.1) is 23.8 Å². The fourth-order valence-corrected chi connectivity index (χ4v) is 1.98. The molecule has 18 heavy (non-hydrogen) atoms. The normalized spacial score (nSPS) is 12.1. The van der Waals surface area contributed by atoms with Crippen molar-refractivity contribution in [2.75, 3.05) is 5.32 Å². The molecule has 0 aliphatic heterocycles. The number of thiazole rings is 1. The second kappa shape index (κ2) is 5.07. The maximum Gasteiger partial charge on any atom is 0.326 e. The number of anilines is 2. The van der Waals surface area contributed by atoms with Crippen LogP contribution >= 0.6 is 11.3 Å². The molecule has 0 amide bonds. The summed E-state index contributed by atoms with van der Waals surface area (Å²) in [7, 11) is 0. The van der Waals surface area contributed by atoms with Crippen LogP contribution in [0.2, 0.25) is 0 Å². The molecule has 2 aromatic heterocycles. The smallest absolute Gasteiger partial charge is 0.326 e. The topological polar surface area (TPSA) is 101 Å². The van der Waals surface area contributed by atoms with Crippen LogP contribution in [0.15, 0.2) is 23.8 Å². The Balaban J connectivity index is 2.14. The maximum absolute atomic E-state index is 12.9. The third kappa shape index (κ3) is 2.79. The zero-order chi connectivity index (χ0) is 13.1. The number of nitrogens with zero attached hydrogens (tertiary/aromatic N) is 2. The number of nitrogens with two attached hydrogens (primary N) is 1. The van der Waals surface area contributed by atoms with Crippen LogP contribution in [0.4, 0.5) is 15.2 Å². The molecule has 2 aromatic rings. The van der Waals surface area contributed by atoms with E-state index in [1.165, 1.54) is 29.0 Å². The lowest BCUT2D eigenvalue weighted by Gasteiger charge is -2.02. The van der Waals surface area contributed by atoms with Gasteiger partial charge in [-0.25, -0.2) is 9.37 Å². The predicted molar refractivity (Wildman–Crippen MR) is 64.2 cm³/mol. The second-order valence-electron chi connectivity index (χ2n) is 3.41. The summed E-state index contributed by atoms with van der Waals surface area (Å²) in [5.74, 6) is -1.63. The first kappa shape index (κ1) is 12.4. The van der Waals surface area contributed by atoms with Crippen molar-refractivity contribution < 1.29 is 14.3 Å². The fourth-order valence-electron chi connectivity index (χ4n) is 1.22. The Hall–Kier alpha value is -2.06. The van der Waals surface area contributed by atoms with E-state index >= 15 is 0 Å². The number of aromatic nitrogens is 2. The van der Waals surface area contributed by atoms with Crippen LogP contribution in [0.25, 0.3) is 0 Å². The molecule has 0 aromatic carbocycles. The third-order valence-corrected chi connectivity index (χ3v) is 2.84. The molecule has 0 aliphatic carbocycles. The average Bonchev–Trinajstić information content (AvgIpc) is 2.76. The zero-order valence-corrected chi connectivity index (χ0v) is 9.82. The van der Waals surface area contributed by atoms with E-state index < -0.39 is 17.8 Å². The highest BCUT2D eigenvalue weighted by Crippen LogP contribution is 2.23. The third-order valence-electron chi connectivity index (χ3n) is 2.06. The van der Waals surface area contributed by atoms with Gasteiger partial charge in [-0.1, -0.05) is 0 Å². The summed E-state index contributed by atoms with van der Waals surface area (Å²) in [6, 6.07) is 0.0907.